The Morgan fingerprint density at radius 2 is 1.86 bits per heavy atom. The van der Waals surface area contributed by atoms with Crippen LogP contribution >= 0.6 is 0 Å². The number of nitrogens with zero attached hydrogens (tertiary/aromatic N) is 1. The molecule has 0 aromatic carbocycles. The van der Waals surface area contributed by atoms with E-state index >= 15 is 0 Å². The third-order valence-corrected chi connectivity index (χ3v) is 3.29. The Bertz CT molecular complexity index is 459. The van der Waals surface area contributed by atoms with Crippen LogP contribution in [-0.2, 0) is 14.3 Å². The average Bonchev–Trinajstić information content (AvgIpc) is 2.97. The summed E-state index contributed by atoms with van der Waals surface area (Å²) >= 11 is 0. The van der Waals surface area contributed by atoms with Crippen LogP contribution in [-0.4, -0.2) is 58.6 Å². The first-order valence-electron chi connectivity index (χ1n) is 6.36. The van der Waals surface area contributed by atoms with Gasteiger partial charge in [0.05, 0.1) is 18.8 Å². The molecule has 21 heavy (non-hydrogen) atoms. The second-order valence-electron chi connectivity index (χ2n) is 6.10. The van der Waals surface area contributed by atoms with Crippen molar-refractivity contribution in [3.63, 3.8) is 0 Å². The smallest absolute Gasteiger partial charge is 0.411 e. The van der Waals surface area contributed by atoms with Crippen molar-refractivity contribution in [2.45, 2.75) is 50.7 Å². The topological polar surface area (TPSA) is 76.1 Å². The third kappa shape index (κ3) is 3.07. The van der Waals surface area contributed by atoms with Crippen LogP contribution in [0.25, 0.3) is 0 Å². The summed E-state index contributed by atoms with van der Waals surface area (Å²) in [6, 6.07) is -2.82. The molecule has 1 N–H and O–H groups in total. The first-order valence-corrected chi connectivity index (χ1v) is 6.36. The zero-order valence-electron chi connectivity index (χ0n) is 11.7. The molecule has 1 unspecified atom stereocenters. The fraction of sp³-hybridized carbons (Fsp3) is 0.833. The summed E-state index contributed by atoms with van der Waals surface area (Å²) in [5.41, 5.74) is -0.934. The highest BCUT2D eigenvalue weighted by Gasteiger charge is 2.72. The molecule has 1 saturated heterocycles. The highest BCUT2D eigenvalue weighted by molar-refractivity contribution is 5.81. The molecular weight excluding hydrogens is 295 g/mol. The van der Waals surface area contributed by atoms with E-state index in [9.17, 15) is 22.8 Å². The summed E-state index contributed by atoms with van der Waals surface area (Å²) in [5, 5.41) is 9.07. The van der Waals surface area contributed by atoms with Gasteiger partial charge in [0.1, 0.15) is 11.5 Å². The second-order valence-corrected chi connectivity index (χ2v) is 6.10. The Kier molecular flexibility index (Phi) is 3.59. The number of carboxylic acids is 1. The number of rotatable bonds is 1. The van der Waals surface area contributed by atoms with E-state index in [-0.39, 0.29) is 0 Å². The van der Waals surface area contributed by atoms with Crippen LogP contribution in [0.15, 0.2) is 0 Å². The number of fused-ring (bicyclic) bond motifs is 1. The van der Waals surface area contributed by atoms with Gasteiger partial charge in [-0.1, -0.05) is 0 Å². The number of carboxylic acid groups (broad SMARTS) is 1. The van der Waals surface area contributed by atoms with Crippen molar-refractivity contribution >= 4 is 12.1 Å². The number of carbonyl (C=O) groups excluding carboxylic acids is 1. The maximum atomic E-state index is 12.8. The minimum absolute atomic E-state index is 0.484. The summed E-state index contributed by atoms with van der Waals surface area (Å²) in [7, 11) is 0. The van der Waals surface area contributed by atoms with Crippen molar-refractivity contribution in [1.29, 1.82) is 0 Å². The Labute approximate surface area is 118 Å². The fourth-order valence-electron chi connectivity index (χ4n) is 2.43. The molecule has 6 nitrogen and oxygen atoms in total. The zero-order valence-corrected chi connectivity index (χ0v) is 11.7. The Hall–Kier alpha value is -1.51. The molecule has 2 rings (SSSR count). The lowest BCUT2D eigenvalue weighted by Crippen LogP contribution is -2.54. The van der Waals surface area contributed by atoms with E-state index in [2.05, 4.69) is 0 Å². The van der Waals surface area contributed by atoms with Crippen molar-refractivity contribution in [1.82, 2.24) is 4.90 Å². The van der Waals surface area contributed by atoms with Crippen molar-refractivity contribution in [3.8, 4) is 0 Å². The Morgan fingerprint density at radius 3 is 2.29 bits per heavy atom. The number of hydrogen-bond donors (Lipinski definition) is 1. The van der Waals surface area contributed by atoms with Gasteiger partial charge in [-0.25, -0.2) is 9.59 Å². The number of alkyl halides is 3. The van der Waals surface area contributed by atoms with Crippen LogP contribution in [0.5, 0.6) is 0 Å². The Morgan fingerprint density at radius 1 is 1.29 bits per heavy atom. The zero-order chi connectivity index (χ0) is 16.2. The summed E-state index contributed by atoms with van der Waals surface area (Å²) < 4.78 is 48.5. The number of carbonyl (C=O) groups is 2. The first kappa shape index (κ1) is 15.9. The number of aliphatic carboxylic acids is 1. The molecule has 0 spiro atoms. The van der Waals surface area contributed by atoms with E-state index in [1.165, 1.54) is 0 Å². The molecule has 0 bridgehead atoms. The molecule has 1 heterocycles. The van der Waals surface area contributed by atoms with Crippen LogP contribution in [0.4, 0.5) is 18.0 Å². The van der Waals surface area contributed by atoms with Crippen LogP contribution < -0.4 is 0 Å². The summed E-state index contributed by atoms with van der Waals surface area (Å²) in [6.07, 6.45) is -6.84. The number of amides is 1. The maximum Gasteiger partial charge on any atom is 0.411 e. The molecule has 0 radical (unpaired) electrons. The number of hydrogen-bond acceptors (Lipinski definition) is 4. The monoisotopic (exact) mass is 311 g/mol. The lowest BCUT2D eigenvalue weighted by molar-refractivity contribution is -0.157. The molecule has 0 aromatic rings. The van der Waals surface area contributed by atoms with Gasteiger partial charge in [-0.3, -0.25) is 4.90 Å². The van der Waals surface area contributed by atoms with Gasteiger partial charge in [-0.05, 0) is 20.8 Å². The van der Waals surface area contributed by atoms with Gasteiger partial charge in [-0.15, -0.1) is 0 Å². The first-order chi connectivity index (χ1) is 9.43. The van der Waals surface area contributed by atoms with Gasteiger partial charge in [0.2, 0.25) is 0 Å². The standard InChI is InChI=1S/C12H16F3NO5/c1-11(2,3)21-10(19)16-5(9(17)18)4-20-8-6(7(8)16)12(13,14)15/h5-8H,4H2,1-3H3,(H,17,18)/t5-,6?,7+,8-/m1/s1. The van der Waals surface area contributed by atoms with E-state index < -0.39 is 54.6 Å². The van der Waals surface area contributed by atoms with Crippen molar-refractivity contribution in [2.24, 2.45) is 5.92 Å². The highest BCUT2D eigenvalue weighted by atomic mass is 19.4. The van der Waals surface area contributed by atoms with E-state index in [0.29, 0.717) is 4.90 Å². The van der Waals surface area contributed by atoms with Crippen molar-refractivity contribution in [3.05, 3.63) is 0 Å². The molecule has 9 heteroatoms. The van der Waals surface area contributed by atoms with E-state index in [0.717, 1.165) is 0 Å². The second kappa shape index (κ2) is 4.75. The van der Waals surface area contributed by atoms with Crippen LogP contribution in [0.3, 0.4) is 0 Å². The van der Waals surface area contributed by atoms with Crippen LogP contribution in [0.1, 0.15) is 20.8 Å². The van der Waals surface area contributed by atoms with Gasteiger partial charge < -0.3 is 14.6 Å². The molecule has 120 valence electrons. The summed E-state index contributed by atoms with van der Waals surface area (Å²) in [5.74, 6) is -3.29. The average molecular weight is 311 g/mol. The largest absolute Gasteiger partial charge is 0.480 e. The van der Waals surface area contributed by atoms with Gasteiger partial charge in [-0.2, -0.15) is 13.2 Å². The highest BCUT2D eigenvalue weighted by Crippen LogP contribution is 2.52. The van der Waals surface area contributed by atoms with E-state index in [1.807, 2.05) is 0 Å². The Balaban J connectivity index is 2.23. The molecule has 4 atom stereocenters. The SMILES string of the molecule is CC(C)(C)OC(=O)N1[C@@H](C(=O)O)CO[C@@H]2C(C(F)(F)F)[C@@H]21. The minimum Gasteiger partial charge on any atom is -0.480 e. The molecule has 1 aliphatic carbocycles. The van der Waals surface area contributed by atoms with Crippen molar-refractivity contribution in [2.75, 3.05) is 6.61 Å². The number of morpholine rings is 1. The third-order valence-electron chi connectivity index (χ3n) is 3.29. The normalized spacial score (nSPS) is 32.4. The van der Waals surface area contributed by atoms with E-state index in [4.69, 9.17) is 14.6 Å². The number of ether oxygens (including phenoxy) is 2. The van der Waals surface area contributed by atoms with Gasteiger partial charge in [0, 0.05) is 0 Å². The van der Waals surface area contributed by atoms with Crippen LogP contribution in [0.2, 0.25) is 0 Å². The fourth-order valence-corrected chi connectivity index (χ4v) is 2.43. The van der Waals surface area contributed by atoms with E-state index in [1.54, 1.807) is 20.8 Å². The predicted molar refractivity (Wildman–Crippen MR) is 62.6 cm³/mol. The maximum absolute atomic E-state index is 12.8. The lowest BCUT2D eigenvalue weighted by atomic mass is 10.2. The minimum atomic E-state index is -4.55. The molecule has 1 amide bonds. The molecule has 0 aromatic heterocycles. The number of halogens is 3. The van der Waals surface area contributed by atoms with Gasteiger partial charge in [0.15, 0.2) is 6.04 Å². The molecule has 1 saturated carbocycles. The summed E-state index contributed by atoms with van der Waals surface area (Å²) in [6.45, 7) is 4.16. The van der Waals surface area contributed by atoms with Gasteiger partial charge in [0.25, 0.3) is 0 Å². The molecule has 2 fully saturated rings. The molecule has 1 aliphatic heterocycles. The molecule has 2 aliphatic rings. The predicted octanol–water partition coefficient (Wildman–Crippen LogP) is 1.64. The lowest BCUT2D eigenvalue weighted by Gasteiger charge is -2.34. The van der Waals surface area contributed by atoms with Crippen LogP contribution in [0, 0.1) is 5.92 Å². The molecular formula is C12H16F3NO5. The van der Waals surface area contributed by atoms with Gasteiger partial charge >= 0.3 is 18.2 Å². The quantitative estimate of drug-likeness (QED) is 0.796. The summed E-state index contributed by atoms with van der Waals surface area (Å²) in [4.78, 5) is 23.9. The van der Waals surface area contributed by atoms with Crippen molar-refractivity contribution < 1.29 is 37.3 Å².